The Morgan fingerprint density at radius 2 is 2.25 bits per heavy atom. The second kappa shape index (κ2) is 7.10. The lowest BCUT2D eigenvalue weighted by Gasteiger charge is -2.14. The monoisotopic (exact) mass is 274 g/mol. The number of likely N-dealkylation sites (N-methyl/N-ethyl adjacent to an activating group) is 1. The molecule has 1 N–H and O–H groups in total. The van der Waals surface area contributed by atoms with Crippen LogP contribution in [0.4, 0.5) is 0 Å². The van der Waals surface area contributed by atoms with Gasteiger partial charge in [0, 0.05) is 25.1 Å². The number of hydrogen-bond donors (Lipinski definition) is 1. The normalized spacial score (nSPS) is 18.4. The third-order valence-corrected chi connectivity index (χ3v) is 3.25. The van der Waals surface area contributed by atoms with Crippen LogP contribution in [-0.4, -0.2) is 44.1 Å². The molecular formula is C16H22N2O2. The van der Waals surface area contributed by atoms with E-state index in [4.69, 9.17) is 4.74 Å². The second-order valence-electron chi connectivity index (χ2n) is 5.32. The largest absolute Gasteiger partial charge is 0.493 e. The van der Waals surface area contributed by atoms with E-state index < -0.39 is 0 Å². The van der Waals surface area contributed by atoms with Gasteiger partial charge in [0.25, 0.3) is 0 Å². The van der Waals surface area contributed by atoms with Crippen LogP contribution in [0, 0.1) is 0 Å². The average Bonchev–Trinajstić information content (AvgIpc) is 2.59. The summed E-state index contributed by atoms with van der Waals surface area (Å²) in [5.74, 6) is 0.906. The average molecular weight is 274 g/mol. The van der Waals surface area contributed by atoms with Gasteiger partial charge in [-0.1, -0.05) is 24.3 Å². The fourth-order valence-electron chi connectivity index (χ4n) is 2.23. The number of hydrogen-bond acceptors (Lipinski definition) is 3. The van der Waals surface area contributed by atoms with Gasteiger partial charge in [-0.2, -0.15) is 0 Å². The van der Waals surface area contributed by atoms with Gasteiger partial charge in [0.1, 0.15) is 5.75 Å². The van der Waals surface area contributed by atoms with E-state index in [-0.39, 0.29) is 11.9 Å². The topological polar surface area (TPSA) is 41.6 Å². The van der Waals surface area contributed by atoms with Crippen molar-refractivity contribution < 1.29 is 9.53 Å². The van der Waals surface area contributed by atoms with Gasteiger partial charge < -0.3 is 15.0 Å². The predicted octanol–water partition coefficient (Wildman–Crippen LogP) is 1.61. The molecule has 1 aliphatic rings. The lowest BCUT2D eigenvalue weighted by Crippen LogP contribution is -2.35. The maximum atomic E-state index is 11.9. The standard InChI is InChI=1S/C16H22N2O2/c1-18(2)10-5-8-16(19)17-14-9-11-20-15-7-4-3-6-13(15)12-14/h3-8,14H,9-12H2,1-2H3,(H,17,19)/b8-5+. The first-order chi connectivity index (χ1) is 9.65. The minimum atomic E-state index is -0.0313. The minimum absolute atomic E-state index is 0.0313. The second-order valence-corrected chi connectivity index (χ2v) is 5.32. The highest BCUT2D eigenvalue weighted by molar-refractivity contribution is 5.87. The van der Waals surface area contributed by atoms with E-state index in [0.29, 0.717) is 6.61 Å². The zero-order valence-electron chi connectivity index (χ0n) is 12.1. The van der Waals surface area contributed by atoms with Gasteiger partial charge >= 0.3 is 0 Å². The van der Waals surface area contributed by atoms with E-state index in [2.05, 4.69) is 11.4 Å². The molecule has 0 spiro atoms. The Morgan fingerprint density at radius 3 is 3.05 bits per heavy atom. The smallest absolute Gasteiger partial charge is 0.243 e. The number of carbonyl (C=O) groups excluding carboxylic acids is 1. The summed E-state index contributed by atoms with van der Waals surface area (Å²) in [6.45, 7) is 1.41. The predicted molar refractivity (Wildman–Crippen MR) is 79.9 cm³/mol. The van der Waals surface area contributed by atoms with E-state index in [0.717, 1.165) is 30.7 Å². The molecule has 0 bridgehead atoms. The third kappa shape index (κ3) is 4.38. The molecule has 4 nitrogen and oxygen atoms in total. The van der Waals surface area contributed by atoms with Crippen LogP contribution in [0.5, 0.6) is 5.75 Å². The summed E-state index contributed by atoms with van der Waals surface area (Å²) in [6.07, 6.45) is 5.14. The molecule has 2 rings (SSSR count). The van der Waals surface area contributed by atoms with E-state index in [1.807, 2.05) is 43.3 Å². The number of rotatable bonds is 4. The molecule has 108 valence electrons. The molecule has 0 aliphatic carbocycles. The Balaban J connectivity index is 1.90. The van der Waals surface area contributed by atoms with Crippen molar-refractivity contribution >= 4 is 5.91 Å². The molecule has 0 saturated heterocycles. The van der Waals surface area contributed by atoms with Crippen LogP contribution < -0.4 is 10.1 Å². The first kappa shape index (κ1) is 14.6. The van der Waals surface area contributed by atoms with Crippen molar-refractivity contribution in [3.63, 3.8) is 0 Å². The molecule has 1 aromatic carbocycles. The van der Waals surface area contributed by atoms with Crippen LogP contribution in [-0.2, 0) is 11.2 Å². The van der Waals surface area contributed by atoms with Crippen LogP contribution in [0.2, 0.25) is 0 Å². The molecular weight excluding hydrogens is 252 g/mol. The summed E-state index contributed by atoms with van der Waals surface area (Å²) in [7, 11) is 3.95. The maximum Gasteiger partial charge on any atom is 0.243 e. The molecule has 4 heteroatoms. The molecule has 1 aromatic rings. The van der Waals surface area contributed by atoms with Crippen LogP contribution in [0.25, 0.3) is 0 Å². The number of benzene rings is 1. The number of nitrogens with one attached hydrogen (secondary N) is 1. The Hall–Kier alpha value is -1.81. The van der Waals surface area contributed by atoms with Crippen LogP contribution in [0.1, 0.15) is 12.0 Å². The number of nitrogens with zero attached hydrogens (tertiary/aromatic N) is 1. The Bertz CT molecular complexity index is 483. The van der Waals surface area contributed by atoms with Gasteiger partial charge in [0.2, 0.25) is 5.91 Å². The summed E-state index contributed by atoms with van der Waals surface area (Å²) in [4.78, 5) is 13.9. The Labute approximate surface area is 120 Å². The molecule has 1 aliphatic heterocycles. The van der Waals surface area contributed by atoms with Crippen molar-refractivity contribution in [1.29, 1.82) is 0 Å². The lowest BCUT2D eigenvalue weighted by molar-refractivity contribution is -0.117. The summed E-state index contributed by atoms with van der Waals surface area (Å²) >= 11 is 0. The van der Waals surface area contributed by atoms with E-state index in [9.17, 15) is 4.79 Å². The quantitative estimate of drug-likeness (QED) is 0.848. The van der Waals surface area contributed by atoms with Crippen molar-refractivity contribution in [2.75, 3.05) is 27.2 Å². The highest BCUT2D eigenvalue weighted by Gasteiger charge is 2.18. The first-order valence-corrected chi connectivity index (χ1v) is 6.97. The summed E-state index contributed by atoms with van der Waals surface area (Å²) in [5.41, 5.74) is 1.16. The first-order valence-electron chi connectivity index (χ1n) is 6.97. The molecule has 1 heterocycles. The third-order valence-electron chi connectivity index (χ3n) is 3.25. The highest BCUT2D eigenvalue weighted by Crippen LogP contribution is 2.23. The zero-order valence-corrected chi connectivity index (χ0v) is 12.1. The van der Waals surface area contributed by atoms with Gasteiger partial charge in [-0.15, -0.1) is 0 Å². The minimum Gasteiger partial charge on any atom is -0.493 e. The Kier molecular flexibility index (Phi) is 5.18. The molecule has 0 saturated carbocycles. The molecule has 1 unspecified atom stereocenters. The zero-order chi connectivity index (χ0) is 14.4. The SMILES string of the molecule is CN(C)C/C=C/C(=O)NC1CCOc2ccccc2C1. The lowest BCUT2D eigenvalue weighted by atomic mass is 10.0. The fourth-order valence-corrected chi connectivity index (χ4v) is 2.23. The molecule has 20 heavy (non-hydrogen) atoms. The van der Waals surface area contributed by atoms with Crippen LogP contribution in [0.15, 0.2) is 36.4 Å². The van der Waals surface area contributed by atoms with Gasteiger partial charge in [-0.3, -0.25) is 4.79 Å². The van der Waals surface area contributed by atoms with Crippen molar-refractivity contribution in [1.82, 2.24) is 10.2 Å². The fraction of sp³-hybridized carbons (Fsp3) is 0.438. The molecule has 0 fully saturated rings. The summed E-state index contributed by atoms with van der Waals surface area (Å²) in [5, 5.41) is 3.05. The number of amides is 1. The summed E-state index contributed by atoms with van der Waals surface area (Å²) in [6, 6.07) is 8.15. The highest BCUT2D eigenvalue weighted by atomic mass is 16.5. The van der Waals surface area contributed by atoms with Gasteiger partial charge in [-0.25, -0.2) is 0 Å². The van der Waals surface area contributed by atoms with Crippen molar-refractivity contribution in [3.8, 4) is 5.75 Å². The Morgan fingerprint density at radius 1 is 1.45 bits per heavy atom. The molecule has 0 aromatic heterocycles. The molecule has 0 radical (unpaired) electrons. The van der Waals surface area contributed by atoms with Gasteiger partial charge in [-0.05, 0) is 32.1 Å². The number of fused-ring (bicyclic) bond motifs is 1. The van der Waals surface area contributed by atoms with E-state index >= 15 is 0 Å². The maximum absolute atomic E-state index is 11.9. The van der Waals surface area contributed by atoms with Gasteiger partial charge in [0.05, 0.1) is 6.61 Å². The number of carbonyl (C=O) groups is 1. The van der Waals surface area contributed by atoms with Crippen molar-refractivity contribution in [2.45, 2.75) is 18.9 Å². The van der Waals surface area contributed by atoms with Crippen molar-refractivity contribution in [3.05, 3.63) is 42.0 Å². The van der Waals surface area contributed by atoms with Crippen LogP contribution in [0.3, 0.4) is 0 Å². The molecule has 1 amide bonds. The van der Waals surface area contributed by atoms with Crippen molar-refractivity contribution in [2.24, 2.45) is 0 Å². The van der Waals surface area contributed by atoms with Gasteiger partial charge in [0.15, 0.2) is 0 Å². The molecule has 1 atom stereocenters. The summed E-state index contributed by atoms with van der Waals surface area (Å²) < 4.78 is 5.70. The van der Waals surface area contributed by atoms with Crippen LogP contribution >= 0.6 is 0 Å². The number of para-hydroxylation sites is 1. The van der Waals surface area contributed by atoms with E-state index in [1.165, 1.54) is 0 Å². The van der Waals surface area contributed by atoms with E-state index in [1.54, 1.807) is 6.08 Å². The number of ether oxygens (including phenoxy) is 1.